The zero-order chi connectivity index (χ0) is 6.32. The van der Waals surface area contributed by atoms with Crippen LogP contribution in [0.3, 0.4) is 0 Å². The van der Waals surface area contributed by atoms with Gasteiger partial charge in [0.1, 0.15) is 0 Å². The number of hydrogen-bond donors (Lipinski definition) is 1. The molecular formula is C8H14O. The molecule has 2 aliphatic rings. The summed E-state index contributed by atoms with van der Waals surface area (Å²) in [6, 6.07) is 0. The second kappa shape index (κ2) is 1.72. The Labute approximate surface area is 56.1 Å². The van der Waals surface area contributed by atoms with Crippen LogP contribution >= 0.6 is 0 Å². The maximum absolute atomic E-state index is 8.93. The Kier molecular flexibility index (Phi) is 1.10. The van der Waals surface area contributed by atoms with Gasteiger partial charge in [0.15, 0.2) is 0 Å². The van der Waals surface area contributed by atoms with Crippen LogP contribution in [0.2, 0.25) is 0 Å². The van der Waals surface area contributed by atoms with E-state index in [1.165, 1.54) is 32.1 Å². The summed E-state index contributed by atoms with van der Waals surface area (Å²) < 4.78 is 0. The first-order valence-corrected chi connectivity index (χ1v) is 3.96. The summed E-state index contributed by atoms with van der Waals surface area (Å²) >= 11 is 0. The van der Waals surface area contributed by atoms with Gasteiger partial charge in [-0.3, -0.25) is 0 Å². The molecule has 0 aromatic heterocycles. The molecule has 52 valence electrons. The Morgan fingerprint density at radius 3 is 2.33 bits per heavy atom. The minimum atomic E-state index is 0.432. The van der Waals surface area contributed by atoms with Crippen molar-refractivity contribution in [2.45, 2.75) is 32.1 Å². The lowest BCUT2D eigenvalue weighted by Crippen LogP contribution is -2.06. The second-order valence-corrected chi connectivity index (χ2v) is 3.81. The second-order valence-electron chi connectivity index (χ2n) is 3.81. The van der Waals surface area contributed by atoms with E-state index in [0.29, 0.717) is 12.0 Å². The first kappa shape index (κ1) is 5.72. The van der Waals surface area contributed by atoms with Crippen molar-refractivity contribution < 1.29 is 5.11 Å². The quantitative estimate of drug-likeness (QED) is 0.608. The molecular weight excluding hydrogens is 112 g/mol. The van der Waals surface area contributed by atoms with Gasteiger partial charge in [-0.1, -0.05) is 12.8 Å². The Morgan fingerprint density at radius 2 is 2.00 bits per heavy atom. The molecule has 1 heteroatoms. The van der Waals surface area contributed by atoms with E-state index in [2.05, 4.69) is 0 Å². The summed E-state index contributed by atoms with van der Waals surface area (Å²) in [5.41, 5.74) is 0.432. The van der Waals surface area contributed by atoms with Crippen molar-refractivity contribution in [3.05, 3.63) is 0 Å². The molecule has 0 unspecified atom stereocenters. The highest BCUT2D eigenvalue weighted by Gasteiger charge is 2.45. The molecule has 2 aliphatic carbocycles. The van der Waals surface area contributed by atoms with Crippen LogP contribution in [0.15, 0.2) is 0 Å². The van der Waals surface area contributed by atoms with Crippen LogP contribution < -0.4 is 0 Å². The first-order valence-electron chi connectivity index (χ1n) is 3.96. The van der Waals surface area contributed by atoms with Crippen LogP contribution in [0.25, 0.3) is 0 Å². The molecule has 9 heavy (non-hydrogen) atoms. The summed E-state index contributed by atoms with van der Waals surface area (Å²) in [7, 11) is 0. The van der Waals surface area contributed by atoms with E-state index in [1.54, 1.807) is 0 Å². The molecule has 0 bridgehead atoms. The maximum Gasteiger partial charge on any atom is 0.0487 e. The van der Waals surface area contributed by atoms with E-state index in [0.717, 1.165) is 5.92 Å². The molecule has 2 fully saturated rings. The summed E-state index contributed by atoms with van der Waals surface area (Å²) in [4.78, 5) is 0. The summed E-state index contributed by atoms with van der Waals surface area (Å²) in [6.07, 6.45) is 6.77. The molecule has 0 spiro atoms. The van der Waals surface area contributed by atoms with Crippen molar-refractivity contribution in [3.63, 3.8) is 0 Å². The zero-order valence-corrected chi connectivity index (χ0v) is 5.77. The lowest BCUT2D eigenvalue weighted by Gasteiger charge is -2.08. The third kappa shape index (κ3) is 1.11. The lowest BCUT2D eigenvalue weighted by atomic mass is 10.0. The highest BCUT2D eigenvalue weighted by atomic mass is 16.3. The van der Waals surface area contributed by atoms with E-state index >= 15 is 0 Å². The fourth-order valence-corrected chi connectivity index (χ4v) is 1.54. The first-order chi connectivity index (χ1) is 4.35. The van der Waals surface area contributed by atoms with Gasteiger partial charge in [0.25, 0.3) is 0 Å². The molecule has 0 atom stereocenters. The fraction of sp³-hybridized carbons (Fsp3) is 1.00. The van der Waals surface area contributed by atoms with Crippen molar-refractivity contribution in [2.75, 3.05) is 6.61 Å². The number of aliphatic hydroxyl groups excluding tert-OH is 1. The van der Waals surface area contributed by atoms with E-state index in [-0.39, 0.29) is 0 Å². The highest BCUT2D eigenvalue weighted by molar-refractivity contribution is 4.96. The van der Waals surface area contributed by atoms with Gasteiger partial charge in [0.2, 0.25) is 0 Å². The molecule has 0 heterocycles. The smallest absolute Gasteiger partial charge is 0.0487 e. The topological polar surface area (TPSA) is 20.2 Å². The summed E-state index contributed by atoms with van der Waals surface area (Å²) in [5.74, 6) is 1.000. The minimum absolute atomic E-state index is 0.432. The molecule has 2 rings (SSSR count). The third-order valence-electron chi connectivity index (χ3n) is 2.71. The third-order valence-corrected chi connectivity index (χ3v) is 2.71. The number of rotatable bonds is 3. The molecule has 0 aromatic rings. The average Bonchev–Trinajstić information content (AvgIpc) is 2.68. The largest absolute Gasteiger partial charge is 0.396 e. The standard InChI is InChI=1S/C8H14O/c9-6-8(3-4-8)5-7-1-2-7/h7,9H,1-6H2. The van der Waals surface area contributed by atoms with Crippen molar-refractivity contribution in [1.82, 2.24) is 0 Å². The molecule has 1 N–H and O–H groups in total. The van der Waals surface area contributed by atoms with Gasteiger partial charge in [0, 0.05) is 6.61 Å². The fourth-order valence-electron chi connectivity index (χ4n) is 1.54. The predicted molar refractivity (Wildman–Crippen MR) is 36.1 cm³/mol. The molecule has 0 aromatic carbocycles. The van der Waals surface area contributed by atoms with Gasteiger partial charge in [-0.15, -0.1) is 0 Å². The molecule has 0 aliphatic heterocycles. The van der Waals surface area contributed by atoms with Gasteiger partial charge in [0.05, 0.1) is 0 Å². The monoisotopic (exact) mass is 126 g/mol. The van der Waals surface area contributed by atoms with Gasteiger partial charge >= 0.3 is 0 Å². The van der Waals surface area contributed by atoms with Crippen molar-refractivity contribution in [1.29, 1.82) is 0 Å². The highest BCUT2D eigenvalue weighted by Crippen LogP contribution is 2.54. The number of hydrogen-bond acceptors (Lipinski definition) is 1. The molecule has 0 saturated heterocycles. The summed E-state index contributed by atoms with van der Waals surface area (Å²) in [6.45, 7) is 0.448. The van der Waals surface area contributed by atoms with Gasteiger partial charge in [-0.05, 0) is 30.6 Å². The SMILES string of the molecule is OCC1(CC2CC2)CC1. The van der Waals surface area contributed by atoms with Crippen LogP contribution in [0, 0.1) is 11.3 Å². The van der Waals surface area contributed by atoms with E-state index in [4.69, 9.17) is 5.11 Å². The van der Waals surface area contributed by atoms with Gasteiger partial charge in [-0.25, -0.2) is 0 Å². The molecule has 0 radical (unpaired) electrons. The zero-order valence-electron chi connectivity index (χ0n) is 5.77. The van der Waals surface area contributed by atoms with Gasteiger partial charge in [-0.2, -0.15) is 0 Å². The van der Waals surface area contributed by atoms with E-state index in [9.17, 15) is 0 Å². The van der Waals surface area contributed by atoms with E-state index in [1.807, 2.05) is 0 Å². The summed E-state index contributed by atoms with van der Waals surface area (Å²) in [5, 5.41) is 8.93. The molecule has 2 saturated carbocycles. The van der Waals surface area contributed by atoms with Crippen molar-refractivity contribution in [2.24, 2.45) is 11.3 Å². The van der Waals surface area contributed by atoms with Crippen LogP contribution in [0.5, 0.6) is 0 Å². The lowest BCUT2D eigenvalue weighted by molar-refractivity contribution is 0.197. The minimum Gasteiger partial charge on any atom is -0.396 e. The van der Waals surface area contributed by atoms with Crippen LogP contribution in [0.1, 0.15) is 32.1 Å². The van der Waals surface area contributed by atoms with Crippen LogP contribution in [-0.4, -0.2) is 11.7 Å². The Balaban J connectivity index is 1.81. The van der Waals surface area contributed by atoms with Crippen molar-refractivity contribution >= 4 is 0 Å². The Hall–Kier alpha value is -0.0400. The molecule has 1 nitrogen and oxygen atoms in total. The predicted octanol–water partition coefficient (Wildman–Crippen LogP) is 1.56. The van der Waals surface area contributed by atoms with E-state index < -0.39 is 0 Å². The normalized spacial score (nSPS) is 30.3. The van der Waals surface area contributed by atoms with Crippen LogP contribution in [0.4, 0.5) is 0 Å². The number of aliphatic hydroxyl groups is 1. The Bertz CT molecular complexity index is 112. The Morgan fingerprint density at radius 1 is 1.33 bits per heavy atom. The molecule has 0 amide bonds. The maximum atomic E-state index is 8.93. The van der Waals surface area contributed by atoms with Crippen molar-refractivity contribution in [3.8, 4) is 0 Å². The van der Waals surface area contributed by atoms with Gasteiger partial charge < -0.3 is 5.11 Å². The van der Waals surface area contributed by atoms with Crippen LogP contribution in [-0.2, 0) is 0 Å². The average molecular weight is 126 g/mol.